The van der Waals surface area contributed by atoms with Crippen molar-refractivity contribution in [1.29, 1.82) is 0 Å². The molecule has 23 nitrogen and oxygen atoms in total. The minimum Gasteiger partial charge on any atom is -0.447 e. The van der Waals surface area contributed by atoms with Gasteiger partial charge in [-0.3, -0.25) is 53.0 Å². The Kier molecular flexibility index (Phi) is 22.5. The zero-order chi connectivity index (χ0) is 43.6. The van der Waals surface area contributed by atoms with Gasteiger partial charge in [0.2, 0.25) is 29.5 Å². The maximum absolute atomic E-state index is 12.9. The summed E-state index contributed by atoms with van der Waals surface area (Å²) >= 11 is 0. The predicted octanol–water partition coefficient (Wildman–Crippen LogP) is -3.00. The molecule has 0 unspecified atom stereocenters. The van der Waals surface area contributed by atoms with Crippen molar-refractivity contribution in [2.75, 3.05) is 72.2 Å². The Morgan fingerprint density at radius 3 is 1.32 bits per heavy atom. The number of alkyl carbamates (subject to hydrolysis) is 2. The predicted molar refractivity (Wildman–Crippen MR) is 203 cm³/mol. The van der Waals surface area contributed by atoms with Crippen molar-refractivity contribution >= 4 is 65.4 Å². The second-order valence-corrected chi connectivity index (χ2v) is 12.7. The Morgan fingerprint density at radius 2 is 0.932 bits per heavy atom. The molecule has 0 aromatic rings. The fourth-order valence-corrected chi connectivity index (χ4v) is 5.14. The minimum absolute atomic E-state index is 0.0109. The van der Waals surface area contributed by atoms with Crippen LogP contribution in [0, 0.1) is 0 Å². The van der Waals surface area contributed by atoms with Crippen LogP contribution in [0.4, 0.5) is 9.59 Å². The largest absolute Gasteiger partial charge is 0.447 e. The van der Waals surface area contributed by atoms with E-state index in [1.54, 1.807) is 13.8 Å². The molecular weight excluding hydrogens is 782 g/mol. The number of amides is 11. The summed E-state index contributed by atoms with van der Waals surface area (Å²) in [5.41, 5.74) is 0. The summed E-state index contributed by atoms with van der Waals surface area (Å²) in [6, 6.07) is -0.982. The number of carbonyl (C=O) groups is 11. The van der Waals surface area contributed by atoms with E-state index in [2.05, 4.69) is 37.2 Å². The van der Waals surface area contributed by atoms with Gasteiger partial charge in [-0.05, 0) is 20.3 Å². The fraction of sp³-hybridized carbons (Fsp3) is 0.583. The van der Waals surface area contributed by atoms with E-state index in [4.69, 9.17) is 14.2 Å². The lowest BCUT2D eigenvalue weighted by molar-refractivity contribution is -0.139. The molecule has 0 aliphatic carbocycles. The monoisotopic (exact) mass is 835 g/mol. The second-order valence-electron chi connectivity index (χ2n) is 12.7. The molecule has 2 heterocycles. The number of hydrogen-bond donors (Lipinski definition) is 7. The van der Waals surface area contributed by atoms with E-state index in [9.17, 15) is 52.7 Å². The average Bonchev–Trinajstić information content (AvgIpc) is 3.69. The van der Waals surface area contributed by atoms with Gasteiger partial charge in [0.1, 0.15) is 19.3 Å². The number of carbonyl (C=O) groups excluding carboxylic acids is 11. The molecule has 2 aliphatic rings. The number of nitrogens with one attached hydrogen (secondary N) is 7. The standard InChI is InChI=1S/C36H53N9O14/c1-3-37-35(55)58-22-25(23-59-36(56)38-4-2)57-19-5-6-28(48)43-24(20-29(49)41-15-13-39-26(46)11-17-44-31(51)7-8-32(44)52)21-30(50)42-16-14-40-27(47)12-18-45-33(53)9-10-34(45)54/h7-10,24-25H,3-6,11-23H2,1-2H3,(H,37,55)(H,38,56)(H,39,46)(H,40,47)(H,41,49)(H,42,50)(H,43,48). The maximum atomic E-state index is 12.9. The highest BCUT2D eigenvalue weighted by Crippen LogP contribution is 2.06. The van der Waals surface area contributed by atoms with Crippen LogP contribution in [-0.2, 0) is 57.4 Å². The number of imide groups is 2. The van der Waals surface area contributed by atoms with Crippen LogP contribution in [0.15, 0.2) is 24.3 Å². The van der Waals surface area contributed by atoms with E-state index in [0.29, 0.717) is 13.1 Å². The van der Waals surface area contributed by atoms with Gasteiger partial charge in [-0.1, -0.05) is 0 Å². The summed E-state index contributed by atoms with van der Waals surface area (Å²) in [4.78, 5) is 135. The van der Waals surface area contributed by atoms with Crippen molar-refractivity contribution < 1.29 is 67.0 Å². The van der Waals surface area contributed by atoms with Crippen molar-refractivity contribution in [2.45, 2.75) is 64.5 Å². The van der Waals surface area contributed by atoms with Crippen LogP contribution in [-0.4, -0.2) is 159 Å². The molecule has 59 heavy (non-hydrogen) atoms. The molecule has 23 heteroatoms. The van der Waals surface area contributed by atoms with E-state index in [1.165, 1.54) is 0 Å². The van der Waals surface area contributed by atoms with Crippen molar-refractivity contribution in [1.82, 2.24) is 47.0 Å². The van der Waals surface area contributed by atoms with Crippen LogP contribution >= 0.6 is 0 Å². The molecule has 0 spiro atoms. The summed E-state index contributed by atoms with van der Waals surface area (Å²) in [6.45, 7) is 3.36. The summed E-state index contributed by atoms with van der Waals surface area (Å²) in [6.07, 6.45) is 1.31. The molecule has 2 aliphatic heterocycles. The first-order chi connectivity index (χ1) is 28.2. The van der Waals surface area contributed by atoms with Gasteiger partial charge >= 0.3 is 12.2 Å². The third-order valence-electron chi connectivity index (χ3n) is 8.04. The average molecular weight is 836 g/mol. The molecular formula is C36H53N9O14. The zero-order valence-corrected chi connectivity index (χ0v) is 33.1. The van der Waals surface area contributed by atoms with Crippen molar-refractivity contribution in [3.63, 3.8) is 0 Å². The molecule has 0 radical (unpaired) electrons. The van der Waals surface area contributed by atoms with Gasteiger partial charge in [-0.2, -0.15) is 0 Å². The molecule has 0 saturated carbocycles. The van der Waals surface area contributed by atoms with Crippen LogP contribution < -0.4 is 37.2 Å². The quantitative estimate of drug-likeness (QED) is 0.0306. The molecule has 7 N–H and O–H groups in total. The number of nitrogens with zero attached hydrogens (tertiary/aromatic N) is 2. The zero-order valence-electron chi connectivity index (χ0n) is 33.1. The second kappa shape index (κ2) is 27.3. The maximum Gasteiger partial charge on any atom is 0.407 e. The van der Waals surface area contributed by atoms with E-state index < -0.39 is 77.5 Å². The molecule has 0 aromatic heterocycles. The molecule has 11 amide bonds. The summed E-state index contributed by atoms with van der Waals surface area (Å²) in [5, 5.41) is 17.9. The first-order valence-electron chi connectivity index (χ1n) is 19.1. The Bertz CT molecular complexity index is 1460. The van der Waals surface area contributed by atoms with Gasteiger partial charge in [0.15, 0.2) is 0 Å². The topological polar surface area (TPSA) is 306 Å². The Morgan fingerprint density at radius 1 is 0.542 bits per heavy atom. The van der Waals surface area contributed by atoms with Gasteiger partial charge in [0.25, 0.3) is 23.6 Å². The Hall–Kier alpha value is -6.39. The molecule has 2 rings (SSSR count). The molecule has 0 saturated heterocycles. The molecule has 326 valence electrons. The van der Waals surface area contributed by atoms with Crippen molar-refractivity contribution in [3.8, 4) is 0 Å². The number of rotatable bonds is 28. The van der Waals surface area contributed by atoms with Crippen LogP contribution in [0.25, 0.3) is 0 Å². The van der Waals surface area contributed by atoms with E-state index in [0.717, 1.165) is 34.1 Å². The third-order valence-corrected chi connectivity index (χ3v) is 8.04. The van der Waals surface area contributed by atoms with Gasteiger partial charge in [0.05, 0.1) is 0 Å². The summed E-state index contributed by atoms with van der Waals surface area (Å²) in [7, 11) is 0. The number of hydrogen-bond acceptors (Lipinski definition) is 14. The van der Waals surface area contributed by atoms with E-state index in [1.807, 2.05) is 0 Å². The van der Waals surface area contributed by atoms with Gasteiger partial charge < -0.3 is 51.4 Å². The van der Waals surface area contributed by atoms with Crippen molar-refractivity contribution in [3.05, 3.63) is 24.3 Å². The van der Waals surface area contributed by atoms with Crippen LogP contribution in [0.2, 0.25) is 0 Å². The SMILES string of the molecule is CCNC(=O)OCC(COC(=O)NCC)OCCCC(=O)NC(CC(=O)NCCNC(=O)CCN1C(=O)C=CC1=O)CC(=O)NCCNC(=O)CCN1C(=O)C=CC1=O. The lowest BCUT2D eigenvalue weighted by atomic mass is 10.1. The first kappa shape index (κ1) is 48.8. The first-order valence-corrected chi connectivity index (χ1v) is 19.1. The molecule has 0 atom stereocenters. The van der Waals surface area contributed by atoms with Crippen LogP contribution in [0.3, 0.4) is 0 Å². The molecule has 0 bridgehead atoms. The lowest BCUT2D eigenvalue weighted by Gasteiger charge is -2.20. The Balaban J connectivity index is 1.85. The number of ether oxygens (including phenoxy) is 3. The van der Waals surface area contributed by atoms with Gasteiger partial charge in [-0.25, -0.2) is 9.59 Å². The third kappa shape index (κ3) is 20.6. The van der Waals surface area contributed by atoms with E-state index >= 15 is 0 Å². The Labute approximate surface area is 340 Å². The van der Waals surface area contributed by atoms with Gasteiger partial charge in [0, 0.05) is 121 Å². The highest BCUT2D eigenvalue weighted by atomic mass is 16.6. The molecule has 0 fully saturated rings. The van der Waals surface area contributed by atoms with E-state index in [-0.39, 0.29) is 97.6 Å². The van der Waals surface area contributed by atoms with Crippen molar-refractivity contribution in [2.24, 2.45) is 0 Å². The highest BCUT2D eigenvalue weighted by molar-refractivity contribution is 6.13. The summed E-state index contributed by atoms with van der Waals surface area (Å²) in [5.74, 6) is -4.61. The molecule has 0 aromatic carbocycles. The smallest absolute Gasteiger partial charge is 0.407 e. The van der Waals surface area contributed by atoms with Crippen LogP contribution in [0.1, 0.15) is 52.4 Å². The fourth-order valence-electron chi connectivity index (χ4n) is 5.14. The van der Waals surface area contributed by atoms with Gasteiger partial charge in [-0.15, -0.1) is 0 Å². The normalized spacial score (nSPS) is 13.2. The lowest BCUT2D eigenvalue weighted by Crippen LogP contribution is -2.44. The highest BCUT2D eigenvalue weighted by Gasteiger charge is 2.25. The van der Waals surface area contributed by atoms with Crippen LogP contribution in [0.5, 0.6) is 0 Å². The minimum atomic E-state index is -0.982. The summed E-state index contributed by atoms with van der Waals surface area (Å²) < 4.78 is 15.8.